The molecule has 0 aromatic carbocycles. The molecule has 3 amide bonds. The summed E-state index contributed by atoms with van der Waals surface area (Å²) in [7, 11) is 0. The quantitative estimate of drug-likeness (QED) is 0.559. The van der Waals surface area contributed by atoms with E-state index in [2.05, 4.69) is 20.9 Å². The molecule has 0 spiro atoms. The maximum atomic E-state index is 12.8. The lowest BCUT2D eigenvalue weighted by Crippen LogP contribution is -2.50. The zero-order valence-corrected chi connectivity index (χ0v) is 19.8. The molecule has 1 unspecified atom stereocenters. The Morgan fingerprint density at radius 2 is 2.00 bits per heavy atom. The van der Waals surface area contributed by atoms with Gasteiger partial charge in [-0.2, -0.15) is 0 Å². The third-order valence-corrected chi connectivity index (χ3v) is 6.10. The number of nitrogens with zero attached hydrogens (tertiary/aromatic N) is 1. The molecule has 3 rings (SSSR count). The highest BCUT2D eigenvalue weighted by Gasteiger charge is 2.35. The van der Waals surface area contributed by atoms with Crippen molar-refractivity contribution in [2.24, 2.45) is 0 Å². The summed E-state index contributed by atoms with van der Waals surface area (Å²) in [5.74, 6) is -0.435. The first-order chi connectivity index (χ1) is 15.2. The van der Waals surface area contributed by atoms with Crippen LogP contribution in [0.1, 0.15) is 51.5 Å². The Labute approximate surface area is 192 Å². The molecule has 1 saturated heterocycles. The van der Waals surface area contributed by atoms with Gasteiger partial charge in [0.05, 0.1) is 18.2 Å². The molecule has 3 N–H and O–H groups in total. The van der Waals surface area contributed by atoms with Gasteiger partial charge in [0.2, 0.25) is 0 Å². The maximum absolute atomic E-state index is 12.8. The van der Waals surface area contributed by atoms with Crippen molar-refractivity contribution in [3.63, 3.8) is 0 Å². The lowest BCUT2D eigenvalue weighted by molar-refractivity contribution is -0.139. The van der Waals surface area contributed by atoms with Gasteiger partial charge in [0.1, 0.15) is 5.60 Å². The minimum Gasteiger partial charge on any atom is -0.463 e. The van der Waals surface area contributed by atoms with E-state index in [1.807, 2.05) is 38.3 Å². The Bertz CT molecular complexity index is 854. The number of carbonyl (C=O) groups excluding carboxylic acids is 3. The number of carbonyl (C=O) groups is 3. The fraction of sp³-hybridized carbons (Fsp3) is 0.591. The normalized spacial score (nSPS) is 20.4. The first-order valence-corrected chi connectivity index (χ1v) is 11.8. The maximum Gasteiger partial charge on any atom is 0.407 e. The number of alkyl carbamates (subject to hydrolysis) is 1. The van der Waals surface area contributed by atoms with Crippen LogP contribution < -0.4 is 16.0 Å². The second-order valence-electron chi connectivity index (χ2n) is 8.86. The van der Waals surface area contributed by atoms with Crippen molar-refractivity contribution in [3.8, 4) is 0 Å². The lowest BCUT2D eigenvalue weighted by atomic mass is 9.99. The van der Waals surface area contributed by atoms with Gasteiger partial charge in [0.25, 0.3) is 0 Å². The molecule has 3 heterocycles. The van der Waals surface area contributed by atoms with E-state index in [1.165, 1.54) is 11.3 Å². The molecule has 2 aliphatic rings. The average molecular weight is 465 g/mol. The predicted octanol–water partition coefficient (Wildman–Crippen LogP) is 2.91. The second-order valence-corrected chi connectivity index (χ2v) is 9.84. The van der Waals surface area contributed by atoms with Crippen LogP contribution in [-0.2, 0) is 14.3 Å². The summed E-state index contributed by atoms with van der Waals surface area (Å²) >= 11 is 1.48. The molecule has 0 saturated carbocycles. The smallest absolute Gasteiger partial charge is 0.407 e. The number of amides is 3. The van der Waals surface area contributed by atoms with Gasteiger partial charge in [-0.05, 0) is 52.0 Å². The van der Waals surface area contributed by atoms with E-state index in [-0.39, 0.29) is 18.7 Å². The van der Waals surface area contributed by atoms with Crippen LogP contribution in [0.15, 0.2) is 28.8 Å². The van der Waals surface area contributed by atoms with E-state index < -0.39 is 23.7 Å². The van der Waals surface area contributed by atoms with Gasteiger partial charge in [-0.3, -0.25) is 4.90 Å². The van der Waals surface area contributed by atoms with Crippen molar-refractivity contribution in [3.05, 3.63) is 33.7 Å². The number of nitrogens with one attached hydrogen (secondary N) is 3. The number of thiophene rings is 1. The molecule has 0 aliphatic carbocycles. The Kier molecular flexibility index (Phi) is 7.78. The SMILES string of the molecule is CCOC(=O)C1=C(CN2CCC(NC(=O)OC(C)(C)C)CC2)NC(=O)NC1c1cccs1. The van der Waals surface area contributed by atoms with Crippen molar-refractivity contribution in [2.75, 3.05) is 26.2 Å². The number of ether oxygens (including phenoxy) is 2. The van der Waals surface area contributed by atoms with Crippen LogP contribution >= 0.6 is 11.3 Å². The first-order valence-electron chi connectivity index (χ1n) is 10.9. The molecule has 0 bridgehead atoms. The van der Waals surface area contributed by atoms with Gasteiger partial charge in [-0.25, -0.2) is 14.4 Å². The van der Waals surface area contributed by atoms with Crippen molar-refractivity contribution < 1.29 is 23.9 Å². The third kappa shape index (κ3) is 6.46. The van der Waals surface area contributed by atoms with Gasteiger partial charge >= 0.3 is 18.1 Å². The monoisotopic (exact) mass is 464 g/mol. The molecule has 1 fully saturated rings. The number of likely N-dealkylation sites (tertiary alicyclic amines) is 1. The minimum atomic E-state index is -0.538. The topological polar surface area (TPSA) is 109 Å². The number of hydrogen-bond donors (Lipinski definition) is 3. The van der Waals surface area contributed by atoms with Gasteiger partial charge in [-0.15, -0.1) is 11.3 Å². The van der Waals surface area contributed by atoms with E-state index >= 15 is 0 Å². The van der Waals surface area contributed by atoms with E-state index in [4.69, 9.17) is 9.47 Å². The minimum absolute atomic E-state index is 0.0288. The van der Waals surface area contributed by atoms with Crippen molar-refractivity contribution in [2.45, 2.75) is 58.2 Å². The molecule has 1 aromatic rings. The summed E-state index contributed by atoms with van der Waals surface area (Å²) in [5, 5.41) is 10.5. The average Bonchev–Trinajstić information content (AvgIpc) is 3.22. The highest BCUT2D eigenvalue weighted by Crippen LogP contribution is 2.31. The second kappa shape index (κ2) is 10.4. The Balaban J connectivity index is 1.68. The largest absolute Gasteiger partial charge is 0.463 e. The standard InChI is InChI=1S/C22H32N4O5S/c1-5-30-19(27)17-15(24-20(28)25-18(17)16-7-6-12-32-16)13-26-10-8-14(9-11-26)23-21(29)31-22(2,3)4/h6-7,12,14,18H,5,8-11,13H2,1-4H3,(H,23,29)(H2,24,25,28). The molecular weight excluding hydrogens is 432 g/mol. The number of rotatable bonds is 6. The molecule has 1 atom stereocenters. The van der Waals surface area contributed by atoms with E-state index in [0.29, 0.717) is 30.9 Å². The molecule has 176 valence electrons. The predicted molar refractivity (Wildman–Crippen MR) is 121 cm³/mol. The molecule has 1 aromatic heterocycles. The van der Waals surface area contributed by atoms with Crippen molar-refractivity contribution >= 4 is 29.4 Å². The molecule has 9 nitrogen and oxygen atoms in total. The summed E-state index contributed by atoms with van der Waals surface area (Å²) in [6.45, 7) is 9.36. The van der Waals surface area contributed by atoms with Gasteiger partial charge in [0.15, 0.2) is 0 Å². The summed E-state index contributed by atoms with van der Waals surface area (Å²) in [4.78, 5) is 40.2. The zero-order chi connectivity index (χ0) is 23.3. The molecular formula is C22H32N4O5S. The van der Waals surface area contributed by atoms with Crippen LogP contribution in [-0.4, -0.2) is 60.9 Å². The van der Waals surface area contributed by atoms with Crippen LogP contribution in [0.2, 0.25) is 0 Å². The lowest BCUT2D eigenvalue weighted by Gasteiger charge is -2.35. The number of piperidine rings is 1. The third-order valence-electron chi connectivity index (χ3n) is 5.17. The van der Waals surface area contributed by atoms with E-state index in [9.17, 15) is 14.4 Å². The highest BCUT2D eigenvalue weighted by molar-refractivity contribution is 7.10. The van der Waals surface area contributed by atoms with Crippen molar-refractivity contribution in [1.29, 1.82) is 0 Å². The Morgan fingerprint density at radius 3 is 2.59 bits per heavy atom. The Hall–Kier alpha value is -2.59. The number of hydrogen-bond acceptors (Lipinski definition) is 7. The fourth-order valence-corrected chi connectivity index (χ4v) is 4.58. The highest BCUT2D eigenvalue weighted by atomic mass is 32.1. The van der Waals surface area contributed by atoms with Gasteiger partial charge < -0.3 is 25.4 Å². The van der Waals surface area contributed by atoms with Gasteiger partial charge in [0, 0.05) is 36.3 Å². The van der Waals surface area contributed by atoms with Crippen LogP contribution in [0.3, 0.4) is 0 Å². The summed E-state index contributed by atoms with van der Waals surface area (Å²) in [5.41, 5.74) is 0.458. The van der Waals surface area contributed by atoms with Crippen LogP contribution in [0.4, 0.5) is 9.59 Å². The van der Waals surface area contributed by atoms with Crippen LogP contribution in [0, 0.1) is 0 Å². The molecule has 0 radical (unpaired) electrons. The fourth-order valence-electron chi connectivity index (χ4n) is 3.79. The zero-order valence-electron chi connectivity index (χ0n) is 19.0. The summed E-state index contributed by atoms with van der Waals surface area (Å²) < 4.78 is 10.6. The summed E-state index contributed by atoms with van der Waals surface area (Å²) in [6, 6.07) is 2.93. The molecule has 10 heteroatoms. The Morgan fingerprint density at radius 1 is 1.28 bits per heavy atom. The van der Waals surface area contributed by atoms with E-state index in [0.717, 1.165) is 17.7 Å². The summed E-state index contributed by atoms with van der Waals surface area (Å²) in [6.07, 6.45) is 1.09. The van der Waals surface area contributed by atoms with Crippen LogP contribution in [0.5, 0.6) is 0 Å². The molecule has 32 heavy (non-hydrogen) atoms. The first kappa shape index (κ1) is 24.1. The number of esters is 1. The number of urea groups is 1. The van der Waals surface area contributed by atoms with E-state index in [1.54, 1.807) is 6.92 Å². The molecule has 2 aliphatic heterocycles. The van der Waals surface area contributed by atoms with Gasteiger partial charge in [-0.1, -0.05) is 6.07 Å². The van der Waals surface area contributed by atoms with Crippen LogP contribution in [0.25, 0.3) is 0 Å². The van der Waals surface area contributed by atoms with Crippen molar-refractivity contribution in [1.82, 2.24) is 20.9 Å².